The average Bonchev–Trinajstić information content (AvgIpc) is 2.81. The number of nitrogens with zero attached hydrogens (tertiary/aromatic N) is 2. The molecule has 0 saturated heterocycles. The molecule has 2 aromatic rings. The quantitative estimate of drug-likeness (QED) is 0.692. The second kappa shape index (κ2) is 5.60. The van der Waals surface area contributed by atoms with Crippen molar-refractivity contribution in [3.8, 4) is 0 Å². The van der Waals surface area contributed by atoms with Gasteiger partial charge in [-0.25, -0.2) is 4.41 Å². The molecule has 0 spiro atoms. The van der Waals surface area contributed by atoms with Crippen LogP contribution >= 0.6 is 35.1 Å². The van der Waals surface area contributed by atoms with Crippen LogP contribution in [0.1, 0.15) is 5.56 Å². The number of benzene rings is 2. The SMILES string of the molecule is CN1C=C(c2ccccc2Cl)SN1c1ccccc1Cl. The van der Waals surface area contributed by atoms with Crippen molar-refractivity contribution < 1.29 is 0 Å². The van der Waals surface area contributed by atoms with E-state index in [0.29, 0.717) is 0 Å². The molecule has 2 nitrogen and oxygen atoms in total. The van der Waals surface area contributed by atoms with Gasteiger partial charge < -0.3 is 0 Å². The Balaban J connectivity index is 1.92. The molecule has 0 aromatic heterocycles. The van der Waals surface area contributed by atoms with E-state index in [9.17, 15) is 0 Å². The third kappa shape index (κ3) is 2.49. The van der Waals surface area contributed by atoms with Crippen LogP contribution < -0.4 is 4.41 Å². The molecule has 0 atom stereocenters. The smallest absolute Gasteiger partial charge is 0.0893 e. The number of hydrazine groups is 1. The van der Waals surface area contributed by atoms with E-state index >= 15 is 0 Å². The summed E-state index contributed by atoms with van der Waals surface area (Å²) >= 11 is 14.1. The third-order valence-corrected chi connectivity index (χ3v) is 4.77. The highest BCUT2D eigenvalue weighted by molar-refractivity contribution is 8.09. The minimum atomic E-state index is 0.723. The lowest BCUT2D eigenvalue weighted by Crippen LogP contribution is -2.25. The number of anilines is 1. The zero-order valence-corrected chi connectivity index (χ0v) is 13.1. The molecule has 102 valence electrons. The number of halogens is 2. The summed E-state index contributed by atoms with van der Waals surface area (Å²) in [5, 5.41) is 3.48. The highest BCUT2D eigenvalue weighted by Crippen LogP contribution is 2.44. The van der Waals surface area contributed by atoms with Gasteiger partial charge in [-0.3, -0.25) is 5.01 Å². The van der Waals surface area contributed by atoms with Crippen molar-refractivity contribution >= 4 is 45.7 Å². The van der Waals surface area contributed by atoms with Crippen LogP contribution in [-0.4, -0.2) is 12.1 Å². The summed E-state index contributed by atoms with van der Waals surface area (Å²) in [6, 6.07) is 15.6. The van der Waals surface area contributed by atoms with E-state index in [4.69, 9.17) is 23.2 Å². The normalized spacial score (nSPS) is 14.7. The van der Waals surface area contributed by atoms with Crippen LogP contribution in [-0.2, 0) is 0 Å². The molecule has 20 heavy (non-hydrogen) atoms. The Morgan fingerprint density at radius 3 is 2.25 bits per heavy atom. The van der Waals surface area contributed by atoms with Gasteiger partial charge in [-0.05, 0) is 18.2 Å². The van der Waals surface area contributed by atoms with Crippen LogP contribution in [0.4, 0.5) is 5.69 Å². The van der Waals surface area contributed by atoms with Crippen molar-refractivity contribution in [2.24, 2.45) is 0 Å². The van der Waals surface area contributed by atoms with Gasteiger partial charge in [-0.2, -0.15) is 0 Å². The van der Waals surface area contributed by atoms with Crippen molar-refractivity contribution in [1.29, 1.82) is 0 Å². The Labute approximate surface area is 132 Å². The van der Waals surface area contributed by atoms with Crippen molar-refractivity contribution in [3.63, 3.8) is 0 Å². The average molecular weight is 323 g/mol. The van der Waals surface area contributed by atoms with E-state index in [-0.39, 0.29) is 0 Å². The van der Waals surface area contributed by atoms with Gasteiger partial charge in [0, 0.05) is 35.8 Å². The van der Waals surface area contributed by atoms with E-state index in [1.165, 1.54) is 0 Å². The molecule has 1 aliphatic rings. The van der Waals surface area contributed by atoms with Crippen molar-refractivity contribution in [3.05, 3.63) is 70.3 Å². The molecule has 0 bridgehead atoms. The lowest BCUT2D eigenvalue weighted by Gasteiger charge is -2.26. The maximum atomic E-state index is 6.26. The first-order valence-electron chi connectivity index (χ1n) is 6.09. The first kappa shape index (κ1) is 13.7. The number of para-hydroxylation sites is 1. The molecule has 0 saturated carbocycles. The van der Waals surface area contributed by atoms with Gasteiger partial charge in [0.2, 0.25) is 0 Å². The minimum absolute atomic E-state index is 0.723. The molecule has 3 rings (SSSR count). The largest absolute Gasteiger partial charge is 0.284 e. The summed E-state index contributed by atoms with van der Waals surface area (Å²) in [6.07, 6.45) is 2.05. The molecule has 1 heterocycles. The Kier molecular flexibility index (Phi) is 3.83. The van der Waals surface area contributed by atoms with Gasteiger partial charge in [0.25, 0.3) is 0 Å². The predicted molar refractivity (Wildman–Crippen MR) is 88.7 cm³/mol. The molecule has 0 N–H and O–H groups in total. The van der Waals surface area contributed by atoms with Gasteiger partial charge in [0.15, 0.2) is 0 Å². The van der Waals surface area contributed by atoms with Crippen LogP contribution in [0.3, 0.4) is 0 Å². The molecule has 0 radical (unpaired) electrons. The number of rotatable bonds is 2. The molecular weight excluding hydrogens is 311 g/mol. The van der Waals surface area contributed by atoms with Gasteiger partial charge in [-0.1, -0.05) is 53.5 Å². The summed E-state index contributed by atoms with van der Waals surface area (Å²) in [4.78, 5) is 1.10. The highest BCUT2D eigenvalue weighted by atomic mass is 35.5. The fraction of sp³-hybridized carbons (Fsp3) is 0.0667. The Morgan fingerprint density at radius 2 is 1.55 bits per heavy atom. The van der Waals surface area contributed by atoms with Crippen molar-refractivity contribution in [2.45, 2.75) is 0 Å². The fourth-order valence-electron chi connectivity index (χ4n) is 2.01. The lowest BCUT2D eigenvalue weighted by atomic mass is 10.2. The first-order chi connectivity index (χ1) is 9.66. The third-order valence-electron chi connectivity index (χ3n) is 2.97. The second-order valence-electron chi connectivity index (χ2n) is 4.36. The van der Waals surface area contributed by atoms with Crippen LogP contribution in [0.15, 0.2) is 54.7 Å². The maximum absolute atomic E-state index is 6.26. The van der Waals surface area contributed by atoms with Gasteiger partial charge in [0.05, 0.1) is 15.6 Å². The zero-order chi connectivity index (χ0) is 14.1. The van der Waals surface area contributed by atoms with Crippen LogP contribution in [0, 0.1) is 0 Å². The van der Waals surface area contributed by atoms with Gasteiger partial charge in [0.1, 0.15) is 0 Å². The molecule has 1 aliphatic heterocycles. The van der Waals surface area contributed by atoms with E-state index in [1.807, 2.05) is 65.0 Å². The summed E-state index contributed by atoms with van der Waals surface area (Å²) in [5.41, 5.74) is 1.99. The monoisotopic (exact) mass is 322 g/mol. The highest BCUT2D eigenvalue weighted by Gasteiger charge is 2.24. The molecule has 2 aromatic carbocycles. The molecule has 0 amide bonds. The van der Waals surface area contributed by atoms with Gasteiger partial charge in [-0.15, -0.1) is 0 Å². The molecule has 0 aliphatic carbocycles. The molecule has 5 heteroatoms. The molecule has 0 fully saturated rings. The van der Waals surface area contributed by atoms with Crippen LogP contribution in [0.25, 0.3) is 4.91 Å². The van der Waals surface area contributed by atoms with Crippen LogP contribution in [0.5, 0.6) is 0 Å². The van der Waals surface area contributed by atoms with Gasteiger partial charge >= 0.3 is 0 Å². The Hall–Kier alpha value is -1.29. The zero-order valence-electron chi connectivity index (χ0n) is 10.8. The summed E-state index contributed by atoms with van der Waals surface area (Å²) in [6.45, 7) is 0. The van der Waals surface area contributed by atoms with Crippen molar-refractivity contribution in [1.82, 2.24) is 5.01 Å². The minimum Gasteiger partial charge on any atom is -0.284 e. The topological polar surface area (TPSA) is 6.48 Å². The first-order valence-corrected chi connectivity index (χ1v) is 7.62. The number of hydrogen-bond donors (Lipinski definition) is 0. The fourth-order valence-corrected chi connectivity index (χ4v) is 3.66. The van der Waals surface area contributed by atoms with Crippen LogP contribution in [0.2, 0.25) is 10.0 Å². The molecular formula is C15H12Cl2N2S. The Morgan fingerprint density at radius 1 is 0.900 bits per heavy atom. The predicted octanol–water partition coefficient (Wildman–Crippen LogP) is 5.31. The lowest BCUT2D eigenvalue weighted by molar-refractivity contribution is 0.510. The van der Waals surface area contributed by atoms with E-state index < -0.39 is 0 Å². The molecule has 0 unspecified atom stereocenters. The van der Waals surface area contributed by atoms with Crippen molar-refractivity contribution in [2.75, 3.05) is 11.5 Å². The Bertz CT molecular complexity index is 672. The van der Waals surface area contributed by atoms with E-state index in [1.54, 1.807) is 11.9 Å². The summed E-state index contributed by atoms with van der Waals surface area (Å²) in [7, 11) is 1.99. The summed E-state index contributed by atoms with van der Waals surface area (Å²) < 4.78 is 2.04. The van der Waals surface area contributed by atoms with E-state index in [0.717, 1.165) is 26.2 Å². The number of hydrogen-bond acceptors (Lipinski definition) is 3. The standard InChI is InChI=1S/C15H12Cl2N2S/c1-18-10-15(11-6-2-3-7-12(11)16)20-19(18)14-9-5-4-8-13(14)17/h2-10H,1H3. The maximum Gasteiger partial charge on any atom is 0.0893 e. The summed E-state index contributed by atoms with van der Waals surface area (Å²) in [5.74, 6) is 0. The second-order valence-corrected chi connectivity index (χ2v) is 6.15. The van der Waals surface area contributed by atoms with E-state index in [2.05, 4.69) is 6.20 Å².